The molecule has 2 saturated heterocycles. The third-order valence-corrected chi connectivity index (χ3v) is 7.21. The molecule has 5 heterocycles. The maximum Gasteiger partial charge on any atom is 0.336 e. The summed E-state index contributed by atoms with van der Waals surface area (Å²) >= 11 is 0. The van der Waals surface area contributed by atoms with Crippen LogP contribution in [0.15, 0.2) is 29.9 Å². The molecule has 5 rings (SSSR count). The maximum atomic E-state index is 13.3. The van der Waals surface area contributed by atoms with Gasteiger partial charge < -0.3 is 24.4 Å². The van der Waals surface area contributed by atoms with Gasteiger partial charge in [0.1, 0.15) is 18.7 Å². The zero-order valence-electron chi connectivity index (χ0n) is 19.2. The van der Waals surface area contributed by atoms with Gasteiger partial charge in [-0.15, -0.1) is 5.10 Å². The number of hydrogen-bond donors (Lipinski definition) is 1. The summed E-state index contributed by atoms with van der Waals surface area (Å²) < 4.78 is 12.0. The molecule has 3 aliphatic rings. The van der Waals surface area contributed by atoms with E-state index in [9.17, 15) is 14.7 Å². The summed E-state index contributed by atoms with van der Waals surface area (Å²) in [5.41, 5.74) is 1.40. The Labute approximate surface area is 196 Å². The molecule has 0 aromatic carbocycles. The third-order valence-electron chi connectivity index (χ3n) is 7.21. The number of nitrogens with zero attached hydrogens (tertiary/aromatic N) is 7. The number of carbonyl (C=O) groups excluding carboxylic acids is 2. The number of piperidine rings is 1. The van der Waals surface area contributed by atoms with Crippen LogP contribution in [-0.2, 0) is 14.3 Å². The maximum absolute atomic E-state index is 13.3. The number of methoxy groups -OCH3 is 1. The van der Waals surface area contributed by atoms with E-state index in [1.807, 2.05) is 0 Å². The summed E-state index contributed by atoms with van der Waals surface area (Å²) in [5.74, 6) is 0.731. The highest BCUT2D eigenvalue weighted by Crippen LogP contribution is 2.44. The van der Waals surface area contributed by atoms with Gasteiger partial charge in [0.25, 0.3) is 0 Å². The summed E-state index contributed by atoms with van der Waals surface area (Å²) in [6, 6.07) is 1.68. The Kier molecular flexibility index (Phi) is 5.78. The lowest BCUT2D eigenvalue weighted by Crippen LogP contribution is -2.45. The van der Waals surface area contributed by atoms with Gasteiger partial charge in [-0.25, -0.2) is 9.78 Å². The molecule has 2 aromatic heterocycles. The number of ether oxygens (including phenoxy) is 2. The van der Waals surface area contributed by atoms with E-state index in [1.165, 1.54) is 18.1 Å². The fourth-order valence-electron chi connectivity index (χ4n) is 5.05. The second-order valence-corrected chi connectivity index (χ2v) is 8.99. The number of hydrogen-bond acceptors (Lipinski definition) is 10. The minimum absolute atomic E-state index is 0.0874. The van der Waals surface area contributed by atoms with Crippen molar-refractivity contribution in [1.29, 1.82) is 0 Å². The van der Waals surface area contributed by atoms with Crippen LogP contribution >= 0.6 is 0 Å². The number of cyclic esters (lactones) is 1. The summed E-state index contributed by atoms with van der Waals surface area (Å²) in [5, 5.41) is 21.9. The minimum atomic E-state index is -0.801. The van der Waals surface area contributed by atoms with E-state index < -0.39 is 11.5 Å². The van der Waals surface area contributed by atoms with Gasteiger partial charge in [-0.3, -0.25) is 4.79 Å². The van der Waals surface area contributed by atoms with Crippen molar-refractivity contribution >= 4 is 11.9 Å². The number of β-amino-alcohol motifs (C(OH)–C–C–N with tert-alkyl or cyclic N) is 1. The fraction of sp³-hybridized carbons (Fsp3) is 0.545. The second kappa shape index (κ2) is 8.76. The first kappa shape index (κ1) is 22.4. The standard InChI is InChI=1S/C22H27N7O5/c1-14-16(12-34-20(14)31)28-8-5-22(21(28)32)3-6-27(7-4-22)11-17(30)15-10-23-19(9-18(15)33-2)29-13-24-25-26-29/h9-10,13,17,30H,3-8,11-12H2,1-2H3. The number of aromatic nitrogens is 5. The molecular formula is C22H27N7O5. The number of carbonyl (C=O) groups is 2. The quantitative estimate of drug-likeness (QED) is 0.586. The van der Waals surface area contributed by atoms with Crippen LogP contribution in [0.4, 0.5) is 0 Å². The number of amides is 1. The number of likely N-dealkylation sites (tertiary alicyclic amines) is 2. The zero-order chi connectivity index (χ0) is 23.9. The number of rotatable bonds is 6. The second-order valence-electron chi connectivity index (χ2n) is 8.99. The average molecular weight is 470 g/mol. The van der Waals surface area contributed by atoms with E-state index in [0.29, 0.717) is 67.4 Å². The van der Waals surface area contributed by atoms with Crippen LogP contribution in [0.25, 0.3) is 5.82 Å². The van der Waals surface area contributed by atoms with Crippen molar-refractivity contribution in [2.24, 2.45) is 5.41 Å². The summed E-state index contributed by atoms with van der Waals surface area (Å²) in [6.45, 7) is 4.30. The molecule has 1 N–H and O–H groups in total. The Bertz CT molecular complexity index is 1120. The number of esters is 1. The van der Waals surface area contributed by atoms with E-state index in [-0.39, 0.29) is 18.5 Å². The molecule has 0 radical (unpaired) electrons. The first-order valence-corrected chi connectivity index (χ1v) is 11.3. The molecule has 1 spiro atoms. The summed E-state index contributed by atoms with van der Waals surface area (Å²) in [7, 11) is 1.54. The van der Waals surface area contributed by atoms with Crippen molar-refractivity contribution in [3.8, 4) is 11.6 Å². The monoisotopic (exact) mass is 469 g/mol. The van der Waals surface area contributed by atoms with Crippen LogP contribution in [0.2, 0.25) is 0 Å². The number of tetrazole rings is 1. The topological polar surface area (TPSA) is 136 Å². The van der Waals surface area contributed by atoms with Crippen LogP contribution in [0, 0.1) is 5.41 Å². The SMILES string of the molecule is COc1cc(-n2cnnn2)ncc1C(O)CN1CCC2(CC1)CCN(C1=C(C)C(=O)OC1)C2=O. The molecule has 2 aromatic rings. The molecule has 3 aliphatic heterocycles. The fourth-order valence-corrected chi connectivity index (χ4v) is 5.05. The molecule has 12 nitrogen and oxygen atoms in total. The Hall–Kier alpha value is -3.38. The van der Waals surface area contributed by atoms with Gasteiger partial charge in [-0.05, 0) is 49.7 Å². The predicted molar refractivity (Wildman–Crippen MR) is 117 cm³/mol. The van der Waals surface area contributed by atoms with Gasteiger partial charge in [-0.2, -0.15) is 4.68 Å². The lowest BCUT2D eigenvalue weighted by molar-refractivity contribution is -0.138. The molecule has 2 fully saturated rings. The van der Waals surface area contributed by atoms with Crippen LogP contribution < -0.4 is 4.74 Å². The summed E-state index contributed by atoms with van der Waals surface area (Å²) in [6.07, 6.45) is 4.40. The molecule has 12 heteroatoms. The lowest BCUT2D eigenvalue weighted by atomic mass is 9.77. The van der Waals surface area contributed by atoms with Crippen molar-refractivity contribution < 1.29 is 24.2 Å². The van der Waals surface area contributed by atoms with Crippen molar-refractivity contribution in [2.75, 3.05) is 39.9 Å². The number of pyridine rings is 1. The van der Waals surface area contributed by atoms with E-state index >= 15 is 0 Å². The van der Waals surface area contributed by atoms with E-state index in [2.05, 4.69) is 25.4 Å². The van der Waals surface area contributed by atoms with Crippen LogP contribution in [0.1, 0.15) is 37.9 Å². The molecule has 0 bridgehead atoms. The largest absolute Gasteiger partial charge is 0.496 e. The average Bonchev–Trinajstić information content (AvgIpc) is 3.57. The van der Waals surface area contributed by atoms with Crippen molar-refractivity contribution in [3.63, 3.8) is 0 Å². The highest BCUT2D eigenvalue weighted by molar-refractivity contribution is 5.94. The van der Waals surface area contributed by atoms with Crippen LogP contribution in [0.5, 0.6) is 5.75 Å². The first-order valence-electron chi connectivity index (χ1n) is 11.3. The molecule has 1 amide bonds. The van der Waals surface area contributed by atoms with Crippen LogP contribution in [0.3, 0.4) is 0 Å². The summed E-state index contributed by atoms with van der Waals surface area (Å²) in [4.78, 5) is 33.3. The Morgan fingerprint density at radius 2 is 2.00 bits per heavy atom. The van der Waals surface area contributed by atoms with Crippen molar-refractivity contribution in [1.82, 2.24) is 35.0 Å². The van der Waals surface area contributed by atoms with E-state index in [0.717, 1.165) is 6.42 Å². The Morgan fingerprint density at radius 1 is 1.24 bits per heavy atom. The highest BCUT2D eigenvalue weighted by Gasteiger charge is 2.50. The molecule has 0 saturated carbocycles. The van der Waals surface area contributed by atoms with Crippen LogP contribution in [-0.4, -0.2) is 91.9 Å². The number of aliphatic hydroxyl groups excluding tert-OH is 1. The van der Waals surface area contributed by atoms with Gasteiger partial charge in [0.05, 0.1) is 29.9 Å². The zero-order valence-corrected chi connectivity index (χ0v) is 19.2. The van der Waals surface area contributed by atoms with Gasteiger partial charge >= 0.3 is 5.97 Å². The van der Waals surface area contributed by atoms with Crippen molar-refractivity contribution in [3.05, 3.63) is 35.4 Å². The highest BCUT2D eigenvalue weighted by atomic mass is 16.5. The predicted octanol–water partition coefficient (Wildman–Crippen LogP) is 0.245. The minimum Gasteiger partial charge on any atom is -0.496 e. The molecule has 1 atom stereocenters. The van der Waals surface area contributed by atoms with E-state index in [4.69, 9.17) is 9.47 Å². The normalized spacial score (nSPS) is 21.4. The van der Waals surface area contributed by atoms with Gasteiger partial charge in [0, 0.05) is 30.9 Å². The smallest absolute Gasteiger partial charge is 0.336 e. The number of aliphatic hydroxyl groups is 1. The van der Waals surface area contributed by atoms with E-state index in [1.54, 1.807) is 24.1 Å². The first-order chi connectivity index (χ1) is 16.4. The molecule has 0 aliphatic carbocycles. The van der Waals surface area contributed by atoms with Gasteiger partial charge in [-0.1, -0.05) is 0 Å². The van der Waals surface area contributed by atoms with Gasteiger partial charge in [0.2, 0.25) is 5.91 Å². The van der Waals surface area contributed by atoms with Gasteiger partial charge in [0.15, 0.2) is 5.82 Å². The van der Waals surface area contributed by atoms with Crippen molar-refractivity contribution in [2.45, 2.75) is 32.3 Å². The Balaban J connectivity index is 1.22. The Morgan fingerprint density at radius 3 is 2.65 bits per heavy atom. The third kappa shape index (κ3) is 3.82. The molecular weight excluding hydrogens is 442 g/mol. The molecule has 1 unspecified atom stereocenters. The molecule has 180 valence electrons. The lowest BCUT2D eigenvalue weighted by Gasteiger charge is -2.38. The molecule has 34 heavy (non-hydrogen) atoms.